The van der Waals surface area contributed by atoms with E-state index in [4.69, 9.17) is 4.52 Å². The van der Waals surface area contributed by atoms with E-state index in [1.54, 1.807) is 17.7 Å². The normalized spacial score (nSPS) is 21.9. The molecule has 2 aromatic rings. The third-order valence-corrected chi connectivity index (χ3v) is 4.68. The molecule has 7 nitrogen and oxygen atoms in total. The Morgan fingerprint density at radius 1 is 1.30 bits per heavy atom. The van der Waals surface area contributed by atoms with Crippen LogP contribution in [0, 0.1) is 6.92 Å². The molecule has 23 heavy (non-hydrogen) atoms. The van der Waals surface area contributed by atoms with Crippen molar-refractivity contribution in [1.29, 1.82) is 0 Å². The first-order chi connectivity index (χ1) is 11.2. The van der Waals surface area contributed by atoms with Gasteiger partial charge in [0.05, 0.1) is 18.8 Å². The molecule has 1 saturated heterocycles. The van der Waals surface area contributed by atoms with Gasteiger partial charge in [-0.2, -0.15) is 10.1 Å². The standard InChI is InChI=1S/C16H21N5O2/c1-11-17-15(19-23-11)10-20-8-2-3-13(20)9-21-16(22)7-6-14(18-21)12-4-5-12/h6-7,12-13H,2-5,8-10H2,1H3. The minimum Gasteiger partial charge on any atom is -0.340 e. The molecule has 2 fully saturated rings. The summed E-state index contributed by atoms with van der Waals surface area (Å²) in [5, 5.41) is 8.54. The summed E-state index contributed by atoms with van der Waals surface area (Å²) < 4.78 is 6.68. The highest BCUT2D eigenvalue weighted by Gasteiger charge is 2.28. The van der Waals surface area contributed by atoms with Gasteiger partial charge in [0.25, 0.3) is 5.56 Å². The predicted molar refractivity (Wildman–Crippen MR) is 82.9 cm³/mol. The first-order valence-electron chi connectivity index (χ1n) is 8.30. The van der Waals surface area contributed by atoms with Crippen molar-refractivity contribution in [3.63, 3.8) is 0 Å². The third-order valence-electron chi connectivity index (χ3n) is 4.68. The van der Waals surface area contributed by atoms with Crippen LogP contribution in [-0.2, 0) is 13.1 Å². The number of hydrogen-bond acceptors (Lipinski definition) is 6. The van der Waals surface area contributed by atoms with E-state index >= 15 is 0 Å². The Morgan fingerprint density at radius 3 is 2.91 bits per heavy atom. The minimum absolute atomic E-state index is 0.0170. The van der Waals surface area contributed by atoms with E-state index in [-0.39, 0.29) is 5.56 Å². The molecule has 1 saturated carbocycles. The van der Waals surface area contributed by atoms with Crippen LogP contribution in [0.4, 0.5) is 0 Å². The van der Waals surface area contributed by atoms with Crippen LogP contribution in [0.3, 0.4) is 0 Å². The monoisotopic (exact) mass is 315 g/mol. The van der Waals surface area contributed by atoms with Crippen molar-refractivity contribution >= 4 is 0 Å². The summed E-state index contributed by atoms with van der Waals surface area (Å²) in [6, 6.07) is 3.83. The quantitative estimate of drug-likeness (QED) is 0.831. The molecule has 4 rings (SSSR count). The molecule has 2 aliphatic rings. The van der Waals surface area contributed by atoms with Gasteiger partial charge in [-0.15, -0.1) is 0 Å². The molecule has 1 atom stereocenters. The van der Waals surface area contributed by atoms with Crippen molar-refractivity contribution in [1.82, 2.24) is 24.8 Å². The van der Waals surface area contributed by atoms with E-state index in [2.05, 4.69) is 20.1 Å². The Bertz CT molecular complexity index is 749. The predicted octanol–water partition coefficient (Wildman–Crippen LogP) is 1.48. The van der Waals surface area contributed by atoms with Gasteiger partial charge in [0.2, 0.25) is 5.89 Å². The fraction of sp³-hybridized carbons (Fsp3) is 0.625. The Hall–Kier alpha value is -2.02. The van der Waals surface area contributed by atoms with Crippen LogP contribution in [0.15, 0.2) is 21.5 Å². The van der Waals surface area contributed by atoms with Crippen molar-refractivity contribution in [3.8, 4) is 0 Å². The fourth-order valence-corrected chi connectivity index (χ4v) is 3.29. The molecule has 0 aromatic carbocycles. The molecule has 3 heterocycles. The van der Waals surface area contributed by atoms with Gasteiger partial charge in [-0.1, -0.05) is 5.16 Å². The van der Waals surface area contributed by atoms with Gasteiger partial charge in [0.15, 0.2) is 5.82 Å². The summed E-state index contributed by atoms with van der Waals surface area (Å²) >= 11 is 0. The number of likely N-dealkylation sites (tertiary alicyclic amines) is 1. The average molecular weight is 315 g/mol. The van der Waals surface area contributed by atoms with Gasteiger partial charge in [0, 0.05) is 24.9 Å². The topological polar surface area (TPSA) is 77.1 Å². The summed E-state index contributed by atoms with van der Waals surface area (Å²) in [6.07, 6.45) is 4.58. The first-order valence-corrected chi connectivity index (χ1v) is 8.30. The molecule has 1 unspecified atom stereocenters. The Kier molecular flexibility index (Phi) is 3.72. The highest BCUT2D eigenvalue weighted by Crippen LogP contribution is 2.38. The zero-order valence-corrected chi connectivity index (χ0v) is 13.3. The summed E-state index contributed by atoms with van der Waals surface area (Å²) in [7, 11) is 0. The molecule has 0 spiro atoms. The lowest BCUT2D eigenvalue weighted by Gasteiger charge is -2.23. The van der Waals surface area contributed by atoms with Crippen molar-refractivity contribution < 1.29 is 4.52 Å². The van der Waals surface area contributed by atoms with E-state index in [0.29, 0.717) is 36.8 Å². The molecular weight excluding hydrogens is 294 g/mol. The molecule has 0 radical (unpaired) electrons. The van der Waals surface area contributed by atoms with Crippen LogP contribution in [-0.4, -0.2) is 37.4 Å². The second kappa shape index (κ2) is 5.88. The zero-order chi connectivity index (χ0) is 15.8. The van der Waals surface area contributed by atoms with Crippen LogP contribution in [0.1, 0.15) is 49.0 Å². The van der Waals surface area contributed by atoms with E-state index in [0.717, 1.165) is 25.1 Å². The van der Waals surface area contributed by atoms with Crippen LogP contribution >= 0.6 is 0 Å². The highest BCUT2D eigenvalue weighted by molar-refractivity contribution is 5.12. The van der Waals surface area contributed by atoms with Crippen molar-refractivity contribution in [2.24, 2.45) is 0 Å². The van der Waals surface area contributed by atoms with Gasteiger partial charge in [-0.3, -0.25) is 9.69 Å². The first kappa shape index (κ1) is 14.6. The SMILES string of the molecule is Cc1nc(CN2CCCC2Cn2nc(C3CC3)ccc2=O)no1. The highest BCUT2D eigenvalue weighted by atomic mass is 16.5. The molecule has 2 aromatic heterocycles. The molecule has 0 N–H and O–H groups in total. The molecular formula is C16H21N5O2. The van der Waals surface area contributed by atoms with Gasteiger partial charge < -0.3 is 4.52 Å². The van der Waals surface area contributed by atoms with Gasteiger partial charge in [0.1, 0.15) is 0 Å². The second-order valence-corrected chi connectivity index (χ2v) is 6.55. The van der Waals surface area contributed by atoms with Crippen LogP contribution in [0.2, 0.25) is 0 Å². The number of aromatic nitrogens is 4. The summed E-state index contributed by atoms with van der Waals surface area (Å²) in [5.41, 5.74) is 1.04. The Balaban J connectivity index is 1.48. The van der Waals surface area contributed by atoms with Crippen molar-refractivity contribution in [2.45, 2.75) is 57.7 Å². The van der Waals surface area contributed by atoms with Crippen LogP contribution in [0.25, 0.3) is 0 Å². The lowest BCUT2D eigenvalue weighted by molar-refractivity contribution is 0.209. The number of hydrogen-bond donors (Lipinski definition) is 0. The number of rotatable bonds is 5. The van der Waals surface area contributed by atoms with Crippen LogP contribution in [0.5, 0.6) is 0 Å². The molecule has 0 bridgehead atoms. The maximum Gasteiger partial charge on any atom is 0.266 e. The summed E-state index contributed by atoms with van der Waals surface area (Å²) in [5.74, 6) is 1.86. The molecule has 1 aliphatic heterocycles. The zero-order valence-electron chi connectivity index (χ0n) is 13.3. The lowest BCUT2D eigenvalue weighted by atomic mass is 10.2. The maximum absolute atomic E-state index is 12.1. The summed E-state index contributed by atoms with van der Waals surface area (Å²) in [6.45, 7) is 4.09. The molecule has 122 valence electrons. The number of aryl methyl sites for hydroxylation is 1. The Morgan fingerprint density at radius 2 is 2.17 bits per heavy atom. The van der Waals surface area contributed by atoms with E-state index < -0.39 is 0 Å². The minimum atomic E-state index is -0.0170. The molecule has 1 aliphatic carbocycles. The lowest BCUT2D eigenvalue weighted by Crippen LogP contribution is -2.37. The third kappa shape index (κ3) is 3.19. The van der Waals surface area contributed by atoms with E-state index in [1.165, 1.54) is 12.8 Å². The van der Waals surface area contributed by atoms with E-state index in [1.807, 2.05) is 6.07 Å². The molecule has 7 heteroatoms. The number of nitrogens with zero attached hydrogens (tertiary/aromatic N) is 5. The van der Waals surface area contributed by atoms with Gasteiger partial charge in [-0.05, 0) is 38.3 Å². The van der Waals surface area contributed by atoms with Gasteiger partial charge in [-0.25, -0.2) is 4.68 Å². The fourth-order valence-electron chi connectivity index (χ4n) is 3.29. The van der Waals surface area contributed by atoms with Crippen molar-refractivity contribution in [3.05, 3.63) is 39.9 Å². The van der Waals surface area contributed by atoms with Crippen molar-refractivity contribution in [2.75, 3.05) is 6.54 Å². The second-order valence-electron chi connectivity index (χ2n) is 6.55. The van der Waals surface area contributed by atoms with Gasteiger partial charge >= 0.3 is 0 Å². The van der Waals surface area contributed by atoms with E-state index in [9.17, 15) is 4.79 Å². The molecule has 0 amide bonds. The maximum atomic E-state index is 12.1. The largest absolute Gasteiger partial charge is 0.340 e. The smallest absolute Gasteiger partial charge is 0.266 e. The average Bonchev–Trinajstić information content (AvgIpc) is 3.18. The Labute approximate surface area is 134 Å². The van der Waals surface area contributed by atoms with Crippen LogP contribution < -0.4 is 5.56 Å². The summed E-state index contributed by atoms with van der Waals surface area (Å²) in [4.78, 5) is 18.7.